The summed E-state index contributed by atoms with van der Waals surface area (Å²) in [5, 5.41) is 0. The first-order valence-electron chi connectivity index (χ1n) is 15.2. The summed E-state index contributed by atoms with van der Waals surface area (Å²) in [5.74, 6) is 1.53. The van der Waals surface area contributed by atoms with Crippen LogP contribution < -0.4 is 9.47 Å². The van der Waals surface area contributed by atoms with Crippen molar-refractivity contribution in [2.45, 2.75) is 0 Å². The minimum Gasteiger partial charge on any atom is -0.497 e. The molecule has 4 nitrogen and oxygen atoms in total. The van der Waals surface area contributed by atoms with Crippen LogP contribution in [0.4, 0.5) is 0 Å². The molecule has 0 heterocycles. The molecule has 0 aromatic heterocycles. The fourth-order valence-electron chi connectivity index (χ4n) is 5.21. The Morgan fingerprint density at radius 2 is 0.587 bits per heavy atom. The number of hydrogen-bond donors (Lipinski definition) is 0. The molecule has 0 spiro atoms. The molecule has 0 fully saturated rings. The highest BCUT2D eigenvalue weighted by Crippen LogP contribution is 2.33. The highest BCUT2D eigenvalue weighted by molar-refractivity contribution is 6.18. The van der Waals surface area contributed by atoms with Gasteiger partial charge in [-0.2, -0.15) is 0 Å². The topological polar surface area (TPSA) is 43.2 Å². The molecule has 0 radical (unpaired) electrons. The second kappa shape index (κ2) is 14.7. The highest BCUT2D eigenvalue weighted by Gasteiger charge is 2.18. The normalized spacial score (nSPS) is 11.2. The van der Waals surface area contributed by atoms with Crippen LogP contribution in [0.3, 0.4) is 0 Å². The molecule has 0 aliphatic rings. The first-order valence-corrected chi connectivity index (χ1v) is 15.2. The highest BCUT2D eigenvalue weighted by atomic mass is 16.5. The monoisotopic (exact) mass is 598 g/mol. The molecule has 0 unspecified atom stereocenters. The van der Waals surface area contributed by atoms with Crippen LogP contribution >= 0.6 is 0 Å². The van der Waals surface area contributed by atoms with E-state index in [1.165, 1.54) is 0 Å². The Labute approximate surface area is 270 Å². The molecule has 0 aliphatic carbocycles. The summed E-state index contributed by atoms with van der Waals surface area (Å²) < 4.78 is 11.1. The Hall–Kier alpha value is -6.00. The predicted molar refractivity (Wildman–Crippen MR) is 190 cm³/mol. The smallest absolute Gasteiger partial charge is 0.118 e. The summed E-state index contributed by atoms with van der Waals surface area (Å²) in [6, 6.07) is 57.1. The minimum atomic E-state index is 0.722. The lowest BCUT2D eigenvalue weighted by molar-refractivity contribution is 0.414. The van der Waals surface area contributed by atoms with Crippen LogP contribution in [0, 0.1) is 0 Å². The van der Waals surface area contributed by atoms with Gasteiger partial charge in [-0.3, -0.25) is 0 Å². The summed E-state index contributed by atoms with van der Waals surface area (Å²) in [6.07, 6.45) is 0. The molecule has 0 amide bonds. The van der Waals surface area contributed by atoms with Crippen molar-refractivity contribution in [3.05, 3.63) is 203 Å². The van der Waals surface area contributed by atoms with E-state index in [0.29, 0.717) is 0 Å². The third-order valence-corrected chi connectivity index (χ3v) is 7.59. The van der Waals surface area contributed by atoms with Crippen molar-refractivity contribution in [2.75, 3.05) is 14.2 Å². The number of nitrogens with zero attached hydrogens (tertiary/aromatic N) is 2. The maximum absolute atomic E-state index is 5.53. The van der Waals surface area contributed by atoms with Crippen molar-refractivity contribution < 1.29 is 9.47 Å². The van der Waals surface area contributed by atoms with E-state index in [9.17, 15) is 0 Å². The standard InChI is InChI=1S/C42H34N2O2/c1-45-37-27-23-35(24-28-37)41(43-39(31-15-7-3-8-16-31)32-17-9-4-10-18-32)42(36-25-29-38(46-2)30-26-36)44-40(33-19-11-5-12-20-33)34-21-13-6-14-22-34/h3-30H,1-2H3/b42-41+. The third-order valence-electron chi connectivity index (χ3n) is 7.59. The first-order chi connectivity index (χ1) is 22.7. The van der Waals surface area contributed by atoms with E-state index >= 15 is 0 Å². The molecule has 4 heteroatoms. The number of aliphatic imine (C=N–C) groups is 2. The van der Waals surface area contributed by atoms with E-state index in [-0.39, 0.29) is 0 Å². The van der Waals surface area contributed by atoms with Crippen LogP contribution in [0.1, 0.15) is 33.4 Å². The molecule has 0 N–H and O–H groups in total. The van der Waals surface area contributed by atoms with Crippen LogP contribution in [0.5, 0.6) is 11.5 Å². The van der Waals surface area contributed by atoms with Crippen molar-refractivity contribution >= 4 is 22.8 Å². The zero-order valence-corrected chi connectivity index (χ0v) is 25.9. The first kappa shape index (κ1) is 30.0. The quantitative estimate of drug-likeness (QED) is 0.116. The Kier molecular flexibility index (Phi) is 9.57. The van der Waals surface area contributed by atoms with Gasteiger partial charge in [0.15, 0.2) is 0 Å². The Balaban J connectivity index is 1.73. The van der Waals surface area contributed by atoms with Crippen LogP contribution in [0.25, 0.3) is 11.4 Å². The number of methoxy groups -OCH3 is 2. The van der Waals surface area contributed by atoms with Crippen LogP contribution in [0.2, 0.25) is 0 Å². The Morgan fingerprint density at radius 1 is 0.326 bits per heavy atom. The van der Waals surface area contributed by atoms with E-state index in [0.717, 1.165) is 67.7 Å². The number of rotatable bonds is 10. The maximum atomic E-state index is 5.53. The molecule has 0 aliphatic heterocycles. The molecule has 0 bridgehead atoms. The summed E-state index contributed by atoms with van der Waals surface area (Å²) in [5.41, 5.74) is 8.95. The average molecular weight is 599 g/mol. The lowest BCUT2D eigenvalue weighted by Crippen LogP contribution is -2.06. The molecule has 224 valence electrons. The van der Waals surface area contributed by atoms with Gasteiger partial charge < -0.3 is 9.47 Å². The van der Waals surface area contributed by atoms with Gasteiger partial charge in [0.1, 0.15) is 11.5 Å². The third kappa shape index (κ3) is 7.03. The Bertz CT molecular complexity index is 1720. The SMILES string of the molecule is COc1ccc(/C(N=C(c2ccccc2)c2ccccc2)=C(\N=C(c2ccccc2)c2ccccc2)c2ccc(OC)cc2)cc1. The van der Waals surface area contributed by atoms with E-state index < -0.39 is 0 Å². The fraction of sp³-hybridized carbons (Fsp3) is 0.0476. The minimum absolute atomic E-state index is 0.722. The van der Waals surface area contributed by atoms with Gasteiger partial charge >= 0.3 is 0 Å². The van der Waals surface area contributed by atoms with Crippen molar-refractivity contribution in [1.29, 1.82) is 0 Å². The van der Waals surface area contributed by atoms with Gasteiger partial charge in [-0.15, -0.1) is 0 Å². The number of hydrogen-bond acceptors (Lipinski definition) is 4. The van der Waals surface area contributed by atoms with E-state index in [1.807, 2.05) is 121 Å². The summed E-state index contributed by atoms with van der Waals surface area (Å²) in [7, 11) is 3.35. The predicted octanol–water partition coefficient (Wildman–Crippen LogP) is 9.60. The molecule has 6 rings (SSSR count). The molecule has 0 saturated heterocycles. The van der Waals surface area contributed by atoms with Crippen molar-refractivity contribution in [1.82, 2.24) is 0 Å². The van der Waals surface area contributed by atoms with Gasteiger partial charge in [0.25, 0.3) is 0 Å². The van der Waals surface area contributed by atoms with Crippen LogP contribution in [-0.2, 0) is 0 Å². The number of benzene rings is 6. The van der Waals surface area contributed by atoms with E-state index in [2.05, 4.69) is 48.5 Å². The summed E-state index contributed by atoms with van der Waals surface area (Å²) in [6.45, 7) is 0. The zero-order valence-electron chi connectivity index (χ0n) is 25.9. The van der Waals surface area contributed by atoms with Gasteiger partial charge in [-0.1, -0.05) is 121 Å². The van der Waals surface area contributed by atoms with E-state index in [1.54, 1.807) is 14.2 Å². The maximum Gasteiger partial charge on any atom is 0.118 e. The van der Waals surface area contributed by atoms with Crippen LogP contribution in [-0.4, -0.2) is 25.6 Å². The molecule has 46 heavy (non-hydrogen) atoms. The molecular formula is C42H34N2O2. The van der Waals surface area contributed by atoms with Gasteiger partial charge in [0.05, 0.1) is 37.0 Å². The lowest BCUT2D eigenvalue weighted by atomic mass is 9.99. The van der Waals surface area contributed by atoms with Crippen molar-refractivity contribution in [3.8, 4) is 11.5 Å². The largest absolute Gasteiger partial charge is 0.497 e. The summed E-state index contributed by atoms with van der Waals surface area (Å²) >= 11 is 0. The molecule has 0 saturated carbocycles. The fourth-order valence-corrected chi connectivity index (χ4v) is 5.21. The summed E-state index contributed by atoms with van der Waals surface area (Å²) in [4.78, 5) is 11.0. The van der Waals surface area contributed by atoms with Gasteiger partial charge in [-0.05, 0) is 48.5 Å². The van der Waals surface area contributed by atoms with E-state index in [4.69, 9.17) is 19.5 Å². The van der Waals surface area contributed by atoms with Gasteiger partial charge in [-0.25, -0.2) is 9.98 Å². The molecule has 0 atom stereocenters. The molecular weight excluding hydrogens is 564 g/mol. The van der Waals surface area contributed by atoms with Crippen LogP contribution in [0.15, 0.2) is 180 Å². The molecule has 6 aromatic rings. The second-order valence-corrected chi connectivity index (χ2v) is 10.5. The van der Waals surface area contributed by atoms with Crippen molar-refractivity contribution in [3.63, 3.8) is 0 Å². The second-order valence-electron chi connectivity index (χ2n) is 10.5. The van der Waals surface area contributed by atoms with Crippen molar-refractivity contribution in [2.24, 2.45) is 9.98 Å². The molecule has 6 aromatic carbocycles. The van der Waals surface area contributed by atoms with Gasteiger partial charge in [0, 0.05) is 33.4 Å². The Morgan fingerprint density at radius 3 is 0.826 bits per heavy atom. The lowest BCUT2D eigenvalue weighted by Gasteiger charge is -2.16. The van der Waals surface area contributed by atoms with Gasteiger partial charge in [0.2, 0.25) is 0 Å². The average Bonchev–Trinajstić information content (AvgIpc) is 3.14. The number of ether oxygens (including phenoxy) is 2. The zero-order chi connectivity index (χ0) is 31.6.